The molecular formula is C15H22N2OS. The van der Waals surface area contributed by atoms with Gasteiger partial charge < -0.3 is 4.90 Å². The van der Waals surface area contributed by atoms with Gasteiger partial charge in [-0.15, -0.1) is 11.3 Å². The summed E-state index contributed by atoms with van der Waals surface area (Å²) < 4.78 is 0. The number of carbonyl (C=O) groups is 1. The number of carbonyl (C=O) groups excluding carboxylic acids is 1. The van der Waals surface area contributed by atoms with Crippen LogP contribution in [0.3, 0.4) is 0 Å². The molecule has 1 amide bonds. The lowest BCUT2D eigenvalue weighted by atomic mass is 10.0. The molecule has 1 atom stereocenters. The van der Waals surface area contributed by atoms with Gasteiger partial charge in [0.15, 0.2) is 0 Å². The van der Waals surface area contributed by atoms with Gasteiger partial charge in [0.25, 0.3) is 0 Å². The molecule has 4 heteroatoms. The van der Waals surface area contributed by atoms with Crippen LogP contribution in [0.4, 0.5) is 0 Å². The first-order valence-electron chi connectivity index (χ1n) is 7.34. The van der Waals surface area contributed by atoms with Crippen molar-refractivity contribution in [1.82, 2.24) is 9.80 Å². The number of hydrogen-bond acceptors (Lipinski definition) is 3. The van der Waals surface area contributed by atoms with Crippen LogP contribution in [0, 0.1) is 0 Å². The monoisotopic (exact) mass is 278 g/mol. The first kappa shape index (κ1) is 13.1. The van der Waals surface area contributed by atoms with E-state index in [1.54, 1.807) is 0 Å². The van der Waals surface area contributed by atoms with Gasteiger partial charge in [0.1, 0.15) is 0 Å². The van der Waals surface area contributed by atoms with Crippen LogP contribution < -0.4 is 0 Å². The standard InChI is InChI=1S/C15H22N2OS/c1-12-15-13(6-10-19-15)5-9-17(12)11-14(18)16-7-3-2-4-8-16/h6,10,12H,2-5,7-9,11H2,1H3. The largest absolute Gasteiger partial charge is 0.342 e. The number of piperidine rings is 1. The van der Waals surface area contributed by atoms with E-state index in [0.717, 1.165) is 26.1 Å². The smallest absolute Gasteiger partial charge is 0.236 e. The molecular weight excluding hydrogens is 256 g/mol. The van der Waals surface area contributed by atoms with Crippen molar-refractivity contribution in [3.63, 3.8) is 0 Å². The summed E-state index contributed by atoms with van der Waals surface area (Å²) in [5, 5.41) is 2.18. The molecule has 0 aliphatic carbocycles. The lowest BCUT2D eigenvalue weighted by molar-refractivity contribution is -0.134. The molecule has 3 rings (SSSR count). The van der Waals surface area contributed by atoms with Gasteiger partial charge in [-0.25, -0.2) is 0 Å². The average molecular weight is 278 g/mol. The Morgan fingerprint density at radius 1 is 1.32 bits per heavy atom. The van der Waals surface area contributed by atoms with E-state index in [1.807, 2.05) is 11.3 Å². The van der Waals surface area contributed by atoms with Gasteiger partial charge in [-0.1, -0.05) is 0 Å². The Morgan fingerprint density at radius 3 is 2.89 bits per heavy atom. The number of fused-ring (bicyclic) bond motifs is 1. The molecule has 1 unspecified atom stereocenters. The lowest BCUT2D eigenvalue weighted by Gasteiger charge is -2.35. The highest BCUT2D eigenvalue weighted by Gasteiger charge is 2.28. The zero-order chi connectivity index (χ0) is 13.2. The Balaban J connectivity index is 1.62. The first-order chi connectivity index (χ1) is 9.25. The van der Waals surface area contributed by atoms with E-state index in [1.165, 1.54) is 29.7 Å². The molecule has 0 N–H and O–H groups in total. The molecule has 2 aliphatic heterocycles. The molecule has 3 heterocycles. The van der Waals surface area contributed by atoms with E-state index in [9.17, 15) is 4.79 Å². The van der Waals surface area contributed by atoms with Crippen LogP contribution in [0.25, 0.3) is 0 Å². The summed E-state index contributed by atoms with van der Waals surface area (Å²) in [7, 11) is 0. The Bertz CT molecular complexity index is 451. The molecule has 2 aliphatic rings. The van der Waals surface area contributed by atoms with Gasteiger partial charge in [0.2, 0.25) is 5.91 Å². The van der Waals surface area contributed by atoms with E-state index in [2.05, 4.69) is 28.2 Å². The molecule has 0 aromatic carbocycles. The third-order valence-corrected chi connectivity index (χ3v) is 5.55. The summed E-state index contributed by atoms with van der Waals surface area (Å²) in [6, 6.07) is 2.64. The maximum atomic E-state index is 12.3. The van der Waals surface area contributed by atoms with Gasteiger partial charge in [0, 0.05) is 30.6 Å². The molecule has 0 radical (unpaired) electrons. The number of likely N-dealkylation sites (tertiary alicyclic amines) is 1. The minimum atomic E-state index is 0.326. The lowest BCUT2D eigenvalue weighted by Crippen LogP contribution is -2.45. The quantitative estimate of drug-likeness (QED) is 0.830. The van der Waals surface area contributed by atoms with Gasteiger partial charge in [-0.3, -0.25) is 9.69 Å². The topological polar surface area (TPSA) is 23.6 Å². The van der Waals surface area contributed by atoms with E-state index < -0.39 is 0 Å². The van der Waals surface area contributed by atoms with Crippen molar-refractivity contribution in [3.05, 3.63) is 21.9 Å². The third kappa shape index (κ3) is 2.70. The average Bonchev–Trinajstić information content (AvgIpc) is 2.92. The summed E-state index contributed by atoms with van der Waals surface area (Å²) in [5.41, 5.74) is 1.49. The zero-order valence-electron chi connectivity index (χ0n) is 11.6. The molecule has 19 heavy (non-hydrogen) atoms. The summed E-state index contributed by atoms with van der Waals surface area (Å²) >= 11 is 1.83. The van der Waals surface area contributed by atoms with Crippen LogP contribution in [0.15, 0.2) is 11.4 Å². The minimum Gasteiger partial charge on any atom is -0.342 e. The maximum absolute atomic E-state index is 12.3. The molecule has 3 nitrogen and oxygen atoms in total. The predicted octanol–water partition coefficient (Wildman–Crippen LogP) is 2.68. The molecule has 1 aromatic heterocycles. The Hall–Kier alpha value is -0.870. The van der Waals surface area contributed by atoms with Crippen molar-refractivity contribution in [1.29, 1.82) is 0 Å². The molecule has 0 bridgehead atoms. The first-order valence-corrected chi connectivity index (χ1v) is 8.22. The second-order valence-corrected chi connectivity index (χ2v) is 6.60. The van der Waals surface area contributed by atoms with Crippen LogP contribution in [-0.2, 0) is 11.2 Å². The fraction of sp³-hybridized carbons (Fsp3) is 0.667. The zero-order valence-corrected chi connectivity index (χ0v) is 12.4. The van der Waals surface area contributed by atoms with Crippen LogP contribution in [0.2, 0.25) is 0 Å². The fourth-order valence-corrected chi connectivity index (χ4v) is 4.22. The van der Waals surface area contributed by atoms with Crippen molar-refractivity contribution < 1.29 is 4.79 Å². The number of thiophene rings is 1. The normalized spacial score (nSPS) is 24.3. The number of nitrogens with zero attached hydrogens (tertiary/aromatic N) is 2. The maximum Gasteiger partial charge on any atom is 0.236 e. The molecule has 104 valence electrons. The summed E-state index contributed by atoms with van der Waals surface area (Å²) in [6.07, 6.45) is 4.73. The second kappa shape index (κ2) is 5.63. The Morgan fingerprint density at radius 2 is 2.11 bits per heavy atom. The van der Waals surface area contributed by atoms with Gasteiger partial charge in [-0.05, 0) is 49.6 Å². The second-order valence-electron chi connectivity index (χ2n) is 5.65. The van der Waals surface area contributed by atoms with Crippen LogP contribution >= 0.6 is 11.3 Å². The van der Waals surface area contributed by atoms with E-state index >= 15 is 0 Å². The van der Waals surface area contributed by atoms with Crippen molar-refractivity contribution in [2.75, 3.05) is 26.2 Å². The fourth-order valence-electron chi connectivity index (χ4n) is 3.18. The molecule has 0 spiro atoms. The van der Waals surface area contributed by atoms with Crippen LogP contribution in [-0.4, -0.2) is 41.9 Å². The molecule has 0 saturated carbocycles. The van der Waals surface area contributed by atoms with E-state index in [-0.39, 0.29) is 0 Å². The Kier molecular flexibility index (Phi) is 3.89. The highest BCUT2D eigenvalue weighted by atomic mass is 32.1. The van der Waals surface area contributed by atoms with Crippen LogP contribution in [0.5, 0.6) is 0 Å². The van der Waals surface area contributed by atoms with Crippen LogP contribution in [0.1, 0.15) is 42.7 Å². The van der Waals surface area contributed by atoms with E-state index in [4.69, 9.17) is 0 Å². The van der Waals surface area contributed by atoms with Crippen molar-refractivity contribution in [3.8, 4) is 0 Å². The van der Waals surface area contributed by atoms with Crippen molar-refractivity contribution in [2.24, 2.45) is 0 Å². The van der Waals surface area contributed by atoms with Gasteiger partial charge in [-0.2, -0.15) is 0 Å². The summed E-state index contributed by atoms with van der Waals surface area (Å²) in [5.74, 6) is 0.326. The summed E-state index contributed by atoms with van der Waals surface area (Å²) in [4.78, 5) is 18.2. The molecule has 1 saturated heterocycles. The predicted molar refractivity (Wildman–Crippen MR) is 78.4 cm³/mol. The summed E-state index contributed by atoms with van der Waals surface area (Å²) in [6.45, 7) is 5.78. The SMILES string of the molecule is CC1c2sccc2CCN1CC(=O)N1CCCCC1. The molecule has 1 fully saturated rings. The minimum absolute atomic E-state index is 0.326. The van der Waals surface area contributed by atoms with E-state index in [0.29, 0.717) is 18.5 Å². The van der Waals surface area contributed by atoms with Crippen molar-refractivity contribution in [2.45, 2.75) is 38.6 Å². The number of amides is 1. The van der Waals surface area contributed by atoms with Gasteiger partial charge in [0.05, 0.1) is 6.54 Å². The van der Waals surface area contributed by atoms with Gasteiger partial charge >= 0.3 is 0 Å². The highest BCUT2D eigenvalue weighted by molar-refractivity contribution is 7.10. The highest BCUT2D eigenvalue weighted by Crippen LogP contribution is 2.33. The molecule has 1 aromatic rings. The number of rotatable bonds is 2. The number of hydrogen-bond donors (Lipinski definition) is 0. The van der Waals surface area contributed by atoms with Crippen molar-refractivity contribution >= 4 is 17.2 Å². The third-order valence-electron chi connectivity index (χ3n) is 4.42. The Labute approximate surface area is 119 Å².